The van der Waals surface area contributed by atoms with Gasteiger partial charge in [-0.1, -0.05) is 26.3 Å². The monoisotopic (exact) mass is 250 g/mol. The van der Waals surface area contributed by atoms with Crippen molar-refractivity contribution >= 4 is 11.9 Å². The fraction of sp³-hybridized carbons (Fsp3) is 0.462. The van der Waals surface area contributed by atoms with Crippen LogP contribution in [0, 0.1) is 5.92 Å². The van der Waals surface area contributed by atoms with Crippen LogP contribution in [0.15, 0.2) is 24.4 Å². The van der Waals surface area contributed by atoms with Gasteiger partial charge in [-0.2, -0.15) is 0 Å². The molecule has 0 aliphatic heterocycles. The number of pyridine rings is 1. The second-order valence-electron chi connectivity index (χ2n) is 4.07. The van der Waals surface area contributed by atoms with E-state index in [2.05, 4.69) is 10.3 Å². The Bertz CT molecular complexity index is 406. The third-order valence-corrected chi connectivity index (χ3v) is 2.85. The fourth-order valence-corrected chi connectivity index (χ4v) is 1.51. The maximum atomic E-state index is 11.9. The van der Waals surface area contributed by atoms with Crippen LogP contribution in [0.5, 0.6) is 0 Å². The molecule has 0 aromatic carbocycles. The molecule has 0 saturated carbocycles. The van der Waals surface area contributed by atoms with Gasteiger partial charge in [0.05, 0.1) is 7.11 Å². The maximum Gasteiger partial charge on any atom is 0.328 e. The van der Waals surface area contributed by atoms with E-state index in [9.17, 15) is 9.59 Å². The zero-order valence-electron chi connectivity index (χ0n) is 10.8. The van der Waals surface area contributed by atoms with E-state index in [1.807, 2.05) is 13.8 Å². The van der Waals surface area contributed by atoms with Gasteiger partial charge in [0.25, 0.3) is 5.91 Å². The van der Waals surface area contributed by atoms with E-state index < -0.39 is 12.0 Å². The minimum Gasteiger partial charge on any atom is -0.467 e. The smallest absolute Gasteiger partial charge is 0.328 e. The van der Waals surface area contributed by atoms with E-state index in [1.165, 1.54) is 13.3 Å². The molecular formula is C13H18N2O3. The fourth-order valence-electron chi connectivity index (χ4n) is 1.51. The SMILES string of the molecule is CC[C@H](C)[C@@H](NC(=O)c1ccccn1)C(=O)OC. The summed E-state index contributed by atoms with van der Waals surface area (Å²) in [6.07, 6.45) is 2.30. The molecule has 0 spiro atoms. The predicted molar refractivity (Wildman–Crippen MR) is 67.0 cm³/mol. The lowest BCUT2D eigenvalue weighted by molar-refractivity contribution is -0.144. The molecule has 2 atom stereocenters. The minimum absolute atomic E-state index is 0.00473. The molecule has 1 rings (SSSR count). The Morgan fingerprint density at radius 3 is 2.67 bits per heavy atom. The first-order valence-corrected chi connectivity index (χ1v) is 5.89. The summed E-state index contributed by atoms with van der Waals surface area (Å²) in [4.78, 5) is 27.5. The van der Waals surface area contributed by atoms with Gasteiger partial charge < -0.3 is 10.1 Å². The van der Waals surface area contributed by atoms with E-state index in [1.54, 1.807) is 18.2 Å². The highest BCUT2D eigenvalue weighted by atomic mass is 16.5. The molecule has 1 aromatic heterocycles. The number of rotatable bonds is 5. The van der Waals surface area contributed by atoms with Gasteiger partial charge in [-0.3, -0.25) is 9.78 Å². The number of amides is 1. The molecule has 18 heavy (non-hydrogen) atoms. The molecule has 0 saturated heterocycles. The molecule has 5 nitrogen and oxygen atoms in total. The number of carbonyl (C=O) groups is 2. The van der Waals surface area contributed by atoms with Crippen molar-refractivity contribution in [2.24, 2.45) is 5.92 Å². The summed E-state index contributed by atoms with van der Waals surface area (Å²) in [6, 6.07) is 4.40. The molecule has 1 aromatic rings. The number of nitrogens with zero attached hydrogens (tertiary/aromatic N) is 1. The van der Waals surface area contributed by atoms with Crippen molar-refractivity contribution in [2.45, 2.75) is 26.3 Å². The largest absolute Gasteiger partial charge is 0.467 e. The molecule has 0 fully saturated rings. The van der Waals surface area contributed by atoms with Crippen LogP contribution in [-0.2, 0) is 9.53 Å². The summed E-state index contributed by atoms with van der Waals surface area (Å²) in [5, 5.41) is 2.66. The zero-order chi connectivity index (χ0) is 13.5. The van der Waals surface area contributed by atoms with Crippen LogP contribution >= 0.6 is 0 Å². The summed E-state index contributed by atoms with van der Waals surface area (Å²) < 4.78 is 4.70. The van der Waals surface area contributed by atoms with Crippen molar-refractivity contribution in [3.63, 3.8) is 0 Å². The van der Waals surface area contributed by atoms with Crippen LogP contribution < -0.4 is 5.32 Å². The third-order valence-electron chi connectivity index (χ3n) is 2.85. The van der Waals surface area contributed by atoms with Crippen LogP contribution in [-0.4, -0.2) is 30.0 Å². The molecule has 0 aliphatic carbocycles. The molecule has 1 amide bonds. The average Bonchev–Trinajstić information content (AvgIpc) is 2.43. The van der Waals surface area contributed by atoms with Crippen molar-refractivity contribution in [3.05, 3.63) is 30.1 Å². The summed E-state index contributed by atoms with van der Waals surface area (Å²) in [6.45, 7) is 3.84. The lowest BCUT2D eigenvalue weighted by Crippen LogP contribution is -2.45. The second-order valence-corrected chi connectivity index (χ2v) is 4.07. The number of hydrogen-bond donors (Lipinski definition) is 1. The molecule has 0 aliphatic rings. The van der Waals surface area contributed by atoms with Gasteiger partial charge in [-0.05, 0) is 18.1 Å². The van der Waals surface area contributed by atoms with Gasteiger partial charge in [-0.25, -0.2) is 4.79 Å². The van der Waals surface area contributed by atoms with E-state index in [-0.39, 0.29) is 17.5 Å². The quantitative estimate of drug-likeness (QED) is 0.802. The normalized spacial score (nSPS) is 13.5. The molecule has 1 N–H and O–H groups in total. The molecular weight excluding hydrogens is 232 g/mol. The van der Waals surface area contributed by atoms with Gasteiger partial charge in [0, 0.05) is 6.20 Å². The number of hydrogen-bond acceptors (Lipinski definition) is 4. The lowest BCUT2D eigenvalue weighted by Gasteiger charge is -2.21. The molecule has 0 bridgehead atoms. The van der Waals surface area contributed by atoms with Gasteiger partial charge in [0.2, 0.25) is 0 Å². The number of esters is 1. The molecule has 0 radical (unpaired) electrons. The number of aromatic nitrogens is 1. The second kappa shape index (κ2) is 6.74. The van der Waals surface area contributed by atoms with E-state index >= 15 is 0 Å². The Labute approximate surface area is 107 Å². The highest BCUT2D eigenvalue weighted by Crippen LogP contribution is 2.10. The van der Waals surface area contributed by atoms with Crippen molar-refractivity contribution in [1.29, 1.82) is 0 Å². The average molecular weight is 250 g/mol. The van der Waals surface area contributed by atoms with Crippen LogP contribution in [0.25, 0.3) is 0 Å². The van der Waals surface area contributed by atoms with Gasteiger partial charge in [0.15, 0.2) is 0 Å². The first kappa shape index (κ1) is 14.2. The molecule has 5 heteroatoms. The standard InChI is InChI=1S/C13H18N2O3/c1-4-9(2)11(13(17)18-3)15-12(16)10-7-5-6-8-14-10/h5-9,11H,4H2,1-3H3,(H,15,16)/t9-,11+/m0/s1. The molecule has 1 heterocycles. The van der Waals surface area contributed by atoms with Gasteiger partial charge in [-0.15, -0.1) is 0 Å². The van der Waals surface area contributed by atoms with E-state index in [0.717, 1.165) is 6.42 Å². The predicted octanol–water partition coefficient (Wildman–Crippen LogP) is 1.40. The van der Waals surface area contributed by atoms with Crippen molar-refractivity contribution in [2.75, 3.05) is 7.11 Å². The highest BCUT2D eigenvalue weighted by Gasteiger charge is 2.27. The number of ether oxygens (including phenoxy) is 1. The number of nitrogens with one attached hydrogen (secondary N) is 1. The lowest BCUT2D eigenvalue weighted by atomic mass is 9.99. The maximum absolute atomic E-state index is 11.9. The Morgan fingerprint density at radius 1 is 1.44 bits per heavy atom. The van der Waals surface area contributed by atoms with Crippen molar-refractivity contribution < 1.29 is 14.3 Å². The van der Waals surface area contributed by atoms with Gasteiger partial charge >= 0.3 is 5.97 Å². The topological polar surface area (TPSA) is 68.3 Å². The first-order chi connectivity index (χ1) is 8.60. The Kier molecular flexibility index (Phi) is 5.30. The van der Waals surface area contributed by atoms with E-state index in [0.29, 0.717) is 0 Å². The Morgan fingerprint density at radius 2 is 2.17 bits per heavy atom. The summed E-state index contributed by atoms with van der Waals surface area (Å²) in [5.41, 5.74) is 0.287. The number of methoxy groups -OCH3 is 1. The van der Waals surface area contributed by atoms with Crippen molar-refractivity contribution in [1.82, 2.24) is 10.3 Å². The first-order valence-electron chi connectivity index (χ1n) is 5.89. The zero-order valence-corrected chi connectivity index (χ0v) is 10.8. The van der Waals surface area contributed by atoms with Crippen LogP contribution in [0.4, 0.5) is 0 Å². The minimum atomic E-state index is -0.644. The van der Waals surface area contributed by atoms with Crippen LogP contribution in [0.2, 0.25) is 0 Å². The third kappa shape index (κ3) is 3.55. The van der Waals surface area contributed by atoms with Crippen molar-refractivity contribution in [3.8, 4) is 0 Å². The number of carbonyl (C=O) groups excluding carboxylic acids is 2. The van der Waals surface area contributed by atoms with E-state index in [4.69, 9.17) is 4.74 Å². The van der Waals surface area contributed by atoms with Crippen LogP contribution in [0.1, 0.15) is 30.8 Å². The summed E-state index contributed by atoms with van der Waals surface area (Å²) >= 11 is 0. The summed E-state index contributed by atoms with van der Waals surface area (Å²) in [7, 11) is 1.31. The summed E-state index contributed by atoms with van der Waals surface area (Å²) in [5.74, 6) is -0.801. The molecule has 0 unspecified atom stereocenters. The Balaban J connectivity index is 2.78. The van der Waals surface area contributed by atoms with Gasteiger partial charge in [0.1, 0.15) is 11.7 Å². The van der Waals surface area contributed by atoms with Crippen LogP contribution in [0.3, 0.4) is 0 Å². The highest BCUT2D eigenvalue weighted by molar-refractivity contribution is 5.95. The molecule has 98 valence electrons. The Hall–Kier alpha value is -1.91.